The number of fused-ring (bicyclic) bond motifs is 2. The number of furan rings is 1. The summed E-state index contributed by atoms with van der Waals surface area (Å²) in [6, 6.07) is 24.1. The highest BCUT2D eigenvalue weighted by atomic mass is 79.9. The first kappa shape index (κ1) is 29.9. The van der Waals surface area contributed by atoms with Gasteiger partial charge in [0.2, 0.25) is 11.6 Å². The second-order valence-corrected chi connectivity index (χ2v) is 11.6. The number of halogens is 2. The van der Waals surface area contributed by atoms with Crippen molar-refractivity contribution in [2.24, 2.45) is 5.10 Å². The number of carbonyl (C=O) groups excluding carboxylic acids is 1. The van der Waals surface area contributed by atoms with Gasteiger partial charge in [-0.25, -0.2) is 4.98 Å². The molecule has 0 saturated heterocycles. The molecule has 6 rings (SSSR count). The van der Waals surface area contributed by atoms with Crippen LogP contribution in [-0.4, -0.2) is 33.3 Å². The van der Waals surface area contributed by atoms with Crippen LogP contribution in [-0.2, 0) is 4.79 Å². The van der Waals surface area contributed by atoms with Crippen LogP contribution in [0.5, 0.6) is 5.75 Å². The lowest BCUT2D eigenvalue weighted by Crippen LogP contribution is -2.21. The second-order valence-electron chi connectivity index (χ2n) is 9.87. The van der Waals surface area contributed by atoms with Crippen LogP contribution in [0.2, 0.25) is 0 Å². The molecule has 0 aliphatic rings. The molecule has 0 saturated carbocycles. The lowest BCUT2D eigenvalue weighted by atomic mass is 10.2. The van der Waals surface area contributed by atoms with Crippen molar-refractivity contribution in [2.75, 3.05) is 11.9 Å². The number of amides is 1. The van der Waals surface area contributed by atoms with Crippen LogP contribution >= 0.6 is 31.9 Å². The zero-order valence-electron chi connectivity index (χ0n) is 23.4. The van der Waals surface area contributed by atoms with E-state index in [0.717, 1.165) is 20.1 Å². The summed E-state index contributed by atoms with van der Waals surface area (Å²) in [5.74, 6) is -0.154. The molecule has 0 radical (unpaired) electrons. The summed E-state index contributed by atoms with van der Waals surface area (Å²) in [6.07, 6.45) is 1.30. The molecule has 4 aromatic carbocycles. The Bertz CT molecular complexity index is 2230. The number of nitrogens with zero attached hydrogens (tertiary/aromatic N) is 4. The zero-order valence-corrected chi connectivity index (χ0v) is 26.5. The maximum absolute atomic E-state index is 13.6. The molecular weight excluding hydrogens is 710 g/mol. The van der Waals surface area contributed by atoms with E-state index >= 15 is 0 Å². The van der Waals surface area contributed by atoms with Crippen molar-refractivity contribution in [3.63, 3.8) is 0 Å². The smallest absolute Gasteiger partial charge is 0.312 e. The van der Waals surface area contributed by atoms with E-state index in [2.05, 4.69) is 47.3 Å². The number of nitrogens with one attached hydrogen (secondary N) is 1. The molecule has 2 aromatic heterocycles. The van der Waals surface area contributed by atoms with E-state index in [1.54, 1.807) is 48.5 Å². The van der Waals surface area contributed by atoms with Crippen LogP contribution in [0.3, 0.4) is 0 Å². The van der Waals surface area contributed by atoms with Crippen LogP contribution in [0.25, 0.3) is 33.5 Å². The van der Waals surface area contributed by atoms with Gasteiger partial charge < -0.3 is 14.5 Å². The molecule has 0 atom stereocenters. The first-order valence-electron chi connectivity index (χ1n) is 13.4. The molecule has 45 heavy (non-hydrogen) atoms. The topological polar surface area (TPSA) is 142 Å². The number of rotatable bonds is 8. The summed E-state index contributed by atoms with van der Waals surface area (Å²) in [5.41, 5.74) is 1.94. The number of para-hydroxylation sites is 2. The Morgan fingerprint density at radius 2 is 1.87 bits per heavy atom. The third-order valence-electron chi connectivity index (χ3n) is 6.78. The number of nitro benzene ring substituents is 1. The Morgan fingerprint density at radius 3 is 2.67 bits per heavy atom. The lowest BCUT2D eigenvalue weighted by molar-refractivity contribution is -0.385. The maximum Gasteiger partial charge on any atom is 0.312 e. The van der Waals surface area contributed by atoms with Gasteiger partial charge in [-0.2, -0.15) is 9.78 Å². The van der Waals surface area contributed by atoms with Crippen molar-refractivity contribution in [1.82, 2.24) is 9.66 Å². The van der Waals surface area contributed by atoms with Gasteiger partial charge in [0.1, 0.15) is 5.58 Å². The van der Waals surface area contributed by atoms with Crippen LogP contribution in [0.15, 0.2) is 108 Å². The number of hydrogen-bond acceptors (Lipinski definition) is 8. The van der Waals surface area contributed by atoms with Crippen LogP contribution in [0.4, 0.5) is 11.4 Å². The minimum absolute atomic E-state index is 0.129. The fraction of sp³-hybridized carbons (Fsp3) is 0.0625. The summed E-state index contributed by atoms with van der Waals surface area (Å²) in [5, 5.41) is 20.2. The van der Waals surface area contributed by atoms with E-state index in [9.17, 15) is 19.7 Å². The van der Waals surface area contributed by atoms with E-state index in [0.29, 0.717) is 27.9 Å². The van der Waals surface area contributed by atoms with Crippen LogP contribution in [0.1, 0.15) is 11.1 Å². The Hall–Kier alpha value is -5.14. The molecule has 11 nitrogen and oxygen atoms in total. The second kappa shape index (κ2) is 12.5. The molecule has 0 unspecified atom stereocenters. The molecular formula is C32H21Br2N5O6. The number of hydrogen-bond donors (Lipinski definition) is 1. The molecule has 224 valence electrons. The number of benzene rings is 4. The normalized spacial score (nSPS) is 11.4. The molecule has 0 aliphatic carbocycles. The average Bonchev–Trinajstić information content (AvgIpc) is 3.44. The predicted octanol–water partition coefficient (Wildman–Crippen LogP) is 7.45. The van der Waals surface area contributed by atoms with E-state index in [-0.39, 0.29) is 21.6 Å². The molecule has 0 fully saturated rings. The van der Waals surface area contributed by atoms with Gasteiger partial charge >= 0.3 is 5.69 Å². The van der Waals surface area contributed by atoms with Gasteiger partial charge in [0.05, 0.1) is 26.5 Å². The van der Waals surface area contributed by atoms with Crippen LogP contribution in [0, 0.1) is 17.0 Å². The lowest BCUT2D eigenvalue weighted by Gasteiger charge is -2.11. The van der Waals surface area contributed by atoms with Crippen molar-refractivity contribution in [1.29, 1.82) is 0 Å². The molecule has 1 amide bonds. The number of aromatic nitrogens is 2. The summed E-state index contributed by atoms with van der Waals surface area (Å²) in [7, 11) is 0. The van der Waals surface area contributed by atoms with Crippen molar-refractivity contribution in [2.45, 2.75) is 6.92 Å². The van der Waals surface area contributed by atoms with Crippen LogP contribution < -0.4 is 15.6 Å². The Labute approximate surface area is 271 Å². The fourth-order valence-electron chi connectivity index (χ4n) is 4.63. The predicted molar refractivity (Wildman–Crippen MR) is 178 cm³/mol. The van der Waals surface area contributed by atoms with Gasteiger partial charge in [-0.1, -0.05) is 46.3 Å². The van der Waals surface area contributed by atoms with Crippen molar-refractivity contribution in [3.05, 3.63) is 125 Å². The van der Waals surface area contributed by atoms with E-state index < -0.39 is 28.7 Å². The quantitative estimate of drug-likeness (QED) is 0.0974. The summed E-state index contributed by atoms with van der Waals surface area (Å²) in [4.78, 5) is 42.1. The Kier molecular flexibility index (Phi) is 8.28. The monoisotopic (exact) mass is 729 g/mol. The summed E-state index contributed by atoms with van der Waals surface area (Å²) in [6.45, 7) is 1.38. The minimum Gasteiger partial charge on any atom is -0.476 e. The number of nitro groups is 1. The number of carbonyl (C=O) groups is 1. The highest BCUT2D eigenvalue weighted by molar-refractivity contribution is 9.10. The molecule has 13 heteroatoms. The minimum atomic E-state index is -0.627. The zero-order chi connectivity index (χ0) is 31.7. The molecule has 0 spiro atoms. The van der Waals surface area contributed by atoms with Crippen molar-refractivity contribution < 1.29 is 18.9 Å². The van der Waals surface area contributed by atoms with E-state index in [1.807, 2.05) is 31.2 Å². The summed E-state index contributed by atoms with van der Waals surface area (Å²) < 4.78 is 13.8. The van der Waals surface area contributed by atoms with Gasteiger partial charge in [0, 0.05) is 27.2 Å². The average molecular weight is 731 g/mol. The third kappa shape index (κ3) is 6.26. The summed E-state index contributed by atoms with van der Waals surface area (Å²) >= 11 is 6.77. The van der Waals surface area contributed by atoms with Gasteiger partial charge in [-0.15, -0.1) is 0 Å². The third-order valence-corrected chi connectivity index (χ3v) is 7.87. The highest BCUT2D eigenvalue weighted by Crippen LogP contribution is 2.36. The first-order chi connectivity index (χ1) is 21.7. The molecule has 2 heterocycles. The van der Waals surface area contributed by atoms with Gasteiger partial charge in [0.15, 0.2) is 12.4 Å². The standard InChI is InChI=1S/C32H21Br2N5O6/c1-18-6-2-4-8-24(18)36-29(40)17-44-30-23(34)12-19(13-26(30)39(42)43)16-35-38-31(37-25-9-5-3-7-22(25)32(38)41)28-15-20-14-21(33)10-11-27(20)45-28/h2-16H,17H2,1H3,(H,36,40). The van der Waals surface area contributed by atoms with E-state index in [4.69, 9.17) is 9.15 Å². The fourth-order valence-corrected chi connectivity index (χ4v) is 5.59. The molecule has 6 aromatic rings. The SMILES string of the molecule is Cc1ccccc1NC(=O)COc1c(Br)cc(C=Nn2c(-c3cc4cc(Br)ccc4o3)nc3ccccc3c2=O)cc1[N+](=O)[O-]. The molecule has 0 aliphatic heterocycles. The number of ether oxygens (including phenoxy) is 1. The van der Waals surface area contributed by atoms with Crippen molar-refractivity contribution >= 4 is 77.2 Å². The first-order valence-corrected chi connectivity index (χ1v) is 15.0. The Balaban J connectivity index is 1.35. The highest BCUT2D eigenvalue weighted by Gasteiger charge is 2.22. The van der Waals surface area contributed by atoms with E-state index in [1.165, 1.54) is 18.3 Å². The number of anilines is 1. The van der Waals surface area contributed by atoms with Gasteiger partial charge in [-0.05, 0) is 76.9 Å². The maximum atomic E-state index is 13.6. The molecule has 1 N–H and O–H groups in total. The Morgan fingerprint density at radius 1 is 1.09 bits per heavy atom. The molecule has 0 bridgehead atoms. The number of aryl methyl sites for hydroxylation is 1. The van der Waals surface area contributed by atoms with Crippen molar-refractivity contribution in [3.8, 4) is 17.3 Å². The van der Waals surface area contributed by atoms with Gasteiger partial charge in [0.25, 0.3) is 11.5 Å². The largest absolute Gasteiger partial charge is 0.476 e. The van der Waals surface area contributed by atoms with Gasteiger partial charge in [-0.3, -0.25) is 19.7 Å².